The molecule has 1 aromatic heterocycles. The Morgan fingerprint density at radius 2 is 2.59 bits per heavy atom. The Morgan fingerprint density at radius 1 is 1.76 bits per heavy atom. The van der Waals surface area contributed by atoms with Crippen molar-refractivity contribution in [1.29, 1.82) is 0 Å². The smallest absolute Gasteiger partial charge is 0.270 e. The van der Waals surface area contributed by atoms with Crippen molar-refractivity contribution in [3.05, 3.63) is 16.1 Å². The van der Waals surface area contributed by atoms with Crippen LogP contribution in [-0.4, -0.2) is 29.6 Å². The maximum absolute atomic E-state index is 11.8. The van der Waals surface area contributed by atoms with E-state index in [4.69, 9.17) is 10.5 Å². The normalized spacial score (nSPS) is 23.9. The van der Waals surface area contributed by atoms with Gasteiger partial charge in [0.05, 0.1) is 5.60 Å². The van der Waals surface area contributed by atoms with Crippen LogP contribution in [0.25, 0.3) is 0 Å². The molecule has 1 aliphatic heterocycles. The number of nitrogens with two attached hydrogens (primary N) is 1. The third kappa shape index (κ3) is 3.02. The Morgan fingerprint density at radius 3 is 3.18 bits per heavy atom. The van der Waals surface area contributed by atoms with Gasteiger partial charge in [0.1, 0.15) is 10.7 Å². The lowest BCUT2D eigenvalue weighted by atomic mass is 10.0. The van der Waals surface area contributed by atoms with Crippen LogP contribution in [0.5, 0.6) is 0 Å². The fourth-order valence-corrected chi connectivity index (χ4v) is 2.50. The molecular weight excluding hydrogens is 238 g/mol. The van der Waals surface area contributed by atoms with Crippen molar-refractivity contribution in [3.8, 4) is 0 Å². The Labute approximate surface area is 104 Å². The first-order valence-electron chi connectivity index (χ1n) is 5.70. The molecule has 0 aromatic carbocycles. The predicted molar refractivity (Wildman–Crippen MR) is 65.9 cm³/mol. The van der Waals surface area contributed by atoms with Crippen LogP contribution >= 0.6 is 11.3 Å². The average Bonchev–Trinajstić information content (AvgIpc) is 2.95. The van der Waals surface area contributed by atoms with Gasteiger partial charge in [-0.15, -0.1) is 11.3 Å². The number of carbonyl (C=O) groups excluding carboxylic acids is 1. The molecule has 0 radical (unpaired) electrons. The first-order chi connectivity index (χ1) is 8.13. The highest BCUT2D eigenvalue weighted by Gasteiger charge is 2.30. The van der Waals surface area contributed by atoms with Gasteiger partial charge in [0.2, 0.25) is 0 Å². The molecule has 0 spiro atoms. The van der Waals surface area contributed by atoms with Crippen LogP contribution in [0.3, 0.4) is 0 Å². The van der Waals surface area contributed by atoms with E-state index in [0.717, 1.165) is 24.5 Å². The second-order valence-electron chi connectivity index (χ2n) is 4.42. The molecule has 1 fully saturated rings. The van der Waals surface area contributed by atoms with Gasteiger partial charge in [-0.3, -0.25) is 4.79 Å². The summed E-state index contributed by atoms with van der Waals surface area (Å²) < 4.78 is 5.60. The third-order valence-electron chi connectivity index (χ3n) is 2.88. The molecule has 1 atom stereocenters. The summed E-state index contributed by atoms with van der Waals surface area (Å²) in [6.45, 7) is 3.70. The van der Waals surface area contributed by atoms with Crippen LogP contribution < -0.4 is 11.1 Å². The topological polar surface area (TPSA) is 77.2 Å². The minimum Gasteiger partial charge on any atom is -0.373 e. The van der Waals surface area contributed by atoms with E-state index in [9.17, 15) is 4.79 Å². The zero-order chi connectivity index (χ0) is 12.3. The number of ether oxygens (including phenoxy) is 1. The molecule has 0 saturated carbocycles. The van der Waals surface area contributed by atoms with Crippen LogP contribution in [-0.2, 0) is 11.3 Å². The van der Waals surface area contributed by atoms with Crippen molar-refractivity contribution in [3.63, 3.8) is 0 Å². The maximum Gasteiger partial charge on any atom is 0.270 e. The largest absolute Gasteiger partial charge is 0.373 e. The Kier molecular flexibility index (Phi) is 3.76. The van der Waals surface area contributed by atoms with Gasteiger partial charge in [0.15, 0.2) is 0 Å². The Hall–Kier alpha value is -0.980. The Balaban J connectivity index is 1.88. The molecular formula is C11H17N3O2S. The summed E-state index contributed by atoms with van der Waals surface area (Å²) in [7, 11) is 0. The molecule has 1 amide bonds. The highest BCUT2D eigenvalue weighted by Crippen LogP contribution is 2.24. The van der Waals surface area contributed by atoms with Gasteiger partial charge < -0.3 is 15.8 Å². The lowest BCUT2D eigenvalue weighted by molar-refractivity contribution is 0.0205. The van der Waals surface area contributed by atoms with Crippen molar-refractivity contribution < 1.29 is 9.53 Å². The summed E-state index contributed by atoms with van der Waals surface area (Å²) in [6, 6.07) is 0. The molecule has 94 valence electrons. The highest BCUT2D eigenvalue weighted by atomic mass is 32.1. The number of nitrogens with one attached hydrogen (secondary N) is 1. The molecule has 1 aliphatic rings. The minimum absolute atomic E-state index is 0.155. The van der Waals surface area contributed by atoms with E-state index < -0.39 is 0 Å². The quantitative estimate of drug-likeness (QED) is 0.838. The standard InChI is InChI=1S/C11H17N3O2S/c1-11(3-2-4-16-11)7-13-10(15)8-6-17-9(5-12)14-8/h6H,2-5,7,12H2,1H3,(H,13,15). The molecule has 3 N–H and O–H groups in total. The van der Waals surface area contributed by atoms with E-state index in [1.807, 2.05) is 6.92 Å². The van der Waals surface area contributed by atoms with E-state index in [1.54, 1.807) is 5.38 Å². The van der Waals surface area contributed by atoms with Crippen molar-refractivity contribution in [2.75, 3.05) is 13.2 Å². The number of aromatic nitrogens is 1. The summed E-state index contributed by atoms with van der Waals surface area (Å²) in [4.78, 5) is 15.9. The minimum atomic E-state index is -0.220. The van der Waals surface area contributed by atoms with Gasteiger partial charge in [0.25, 0.3) is 5.91 Å². The third-order valence-corrected chi connectivity index (χ3v) is 3.75. The monoisotopic (exact) mass is 255 g/mol. The molecule has 1 unspecified atom stereocenters. The van der Waals surface area contributed by atoms with Gasteiger partial charge in [-0.1, -0.05) is 0 Å². The van der Waals surface area contributed by atoms with Crippen LogP contribution in [0.4, 0.5) is 0 Å². The van der Waals surface area contributed by atoms with Crippen molar-refractivity contribution in [2.45, 2.75) is 31.9 Å². The number of amides is 1. The van der Waals surface area contributed by atoms with Crippen LogP contribution in [0, 0.1) is 0 Å². The fraction of sp³-hybridized carbons (Fsp3) is 0.636. The molecule has 0 bridgehead atoms. The molecule has 0 aliphatic carbocycles. The Bertz CT molecular complexity index is 399. The van der Waals surface area contributed by atoms with Crippen LogP contribution in [0.15, 0.2) is 5.38 Å². The molecule has 2 rings (SSSR count). The fourth-order valence-electron chi connectivity index (χ4n) is 1.84. The summed E-state index contributed by atoms with van der Waals surface area (Å²) in [5, 5.41) is 5.37. The molecule has 6 heteroatoms. The van der Waals surface area contributed by atoms with Gasteiger partial charge in [0, 0.05) is 25.1 Å². The van der Waals surface area contributed by atoms with Crippen molar-refractivity contribution >= 4 is 17.2 Å². The maximum atomic E-state index is 11.8. The number of hydrogen-bond donors (Lipinski definition) is 2. The number of hydrogen-bond acceptors (Lipinski definition) is 5. The predicted octanol–water partition coefficient (Wildman–Crippen LogP) is 0.901. The number of carbonyl (C=O) groups is 1. The number of thiazole rings is 1. The van der Waals surface area contributed by atoms with Gasteiger partial charge >= 0.3 is 0 Å². The second kappa shape index (κ2) is 5.12. The van der Waals surface area contributed by atoms with Gasteiger partial charge in [-0.05, 0) is 19.8 Å². The van der Waals surface area contributed by atoms with Crippen molar-refractivity contribution in [1.82, 2.24) is 10.3 Å². The lowest BCUT2D eigenvalue weighted by Crippen LogP contribution is -2.40. The van der Waals surface area contributed by atoms with E-state index in [2.05, 4.69) is 10.3 Å². The summed E-state index contributed by atoms with van der Waals surface area (Å²) >= 11 is 1.41. The first kappa shape index (κ1) is 12.5. The van der Waals surface area contributed by atoms with Crippen LogP contribution in [0.2, 0.25) is 0 Å². The molecule has 1 saturated heterocycles. The van der Waals surface area contributed by atoms with E-state index in [0.29, 0.717) is 18.8 Å². The van der Waals surface area contributed by atoms with Gasteiger partial charge in [-0.2, -0.15) is 0 Å². The first-order valence-corrected chi connectivity index (χ1v) is 6.57. The second-order valence-corrected chi connectivity index (χ2v) is 5.36. The number of rotatable bonds is 4. The van der Waals surface area contributed by atoms with E-state index in [1.165, 1.54) is 11.3 Å². The zero-order valence-corrected chi connectivity index (χ0v) is 10.7. The van der Waals surface area contributed by atoms with E-state index >= 15 is 0 Å². The average molecular weight is 255 g/mol. The molecule has 5 nitrogen and oxygen atoms in total. The number of nitrogens with zero attached hydrogens (tertiary/aromatic N) is 1. The SMILES string of the molecule is CC1(CNC(=O)c2csc(CN)n2)CCCO1. The molecule has 1 aromatic rings. The summed E-state index contributed by atoms with van der Waals surface area (Å²) in [5.74, 6) is -0.155. The van der Waals surface area contributed by atoms with Gasteiger partial charge in [-0.25, -0.2) is 4.98 Å². The molecule has 2 heterocycles. The van der Waals surface area contributed by atoms with Crippen molar-refractivity contribution in [2.24, 2.45) is 5.73 Å². The summed E-state index contributed by atoms with van der Waals surface area (Å²) in [5.41, 5.74) is 5.68. The zero-order valence-electron chi connectivity index (χ0n) is 9.86. The lowest BCUT2D eigenvalue weighted by Gasteiger charge is -2.22. The highest BCUT2D eigenvalue weighted by molar-refractivity contribution is 7.09. The van der Waals surface area contributed by atoms with E-state index in [-0.39, 0.29) is 11.5 Å². The van der Waals surface area contributed by atoms with Crippen LogP contribution in [0.1, 0.15) is 35.3 Å². The summed E-state index contributed by atoms with van der Waals surface area (Å²) in [6.07, 6.45) is 2.04. The molecule has 17 heavy (non-hydrogen) atoms.